The lowest BCUT2D eigenvalue weighted by molar-refractivity contribution is 0.0958. The maximum Gasteiger partial charge on any atom is 0.278 e. The van der Waals surface area contributed by atoms with Gasteiger partial charge in [0.05, 0.1) is 11.6 Å². The Hall–Kier alpha value is -4.01. The Morgan fingerprint density at radius 2 is 2.00 bits per heavy atom. The monoisotopic (exact) mass is 393 g/mol. The Balaban J connectivity index is 1.54. The number of hydrogen-bond acceptors (Lipinski definition) is 7. The number of rotatable bonds is 6. The second-order valence-electron chi connectivity index (χ2n) is 6.07. The highest BCUT2D eigenvalue weighted by Gasteiger charge is 2.14. The van der Waals surface area contributed by atoms with E-state index in [0.717, 1.165) is 5.56 Å². The molecular weight excluding hydrogens is 377 g/mol. The Labute approximate surface area is 164 Å². The smallest absolute Gasteiger partial charge is 0.278 e. The zero-order valence-electron chi connectivity index (χ0n) is 15.3. The zero-order chi connectivity index (χ0) is 20.2. The fourth-order valence-corrected chi connectivity index (χ4v) is 2.68. The van der Waals surface area contributed by atoms with Gasteiger partial charge in [-0.1, -0.05) is 0 Å². The molecule has 146 valence electrons. The lowest BCUT2D eigenvalue weighted by Gasteiger charge is -2.09. The van der Waals surface area contributed by atoms with Gasteiger partial charge in [0.2, 0.25) is 5.58 Å². The van der Waals surface area contributed by atoms with Gasteiger partial charge in [0, 0.05) is 18.9 Å². The summed E-state index contributed by atoms with van der Waals surface area (Å²) in [5.74, 6) is 0.0669. The van der Waals surface area contributed by atoms with Crippen LogP contribution in [0.1, 0.15) is 16.1 Å². The number of carbonyl (C=O) groups is 1. The fraction of sp³-hybridized carbons (Fsp3) is 0.100. The molecule has 1 aromatic carbocycles. The molecule has 9 heteroatoms. The van der Waals surface area contributed by atoms with Crippen molar-refractivity contribution in [1.82, 2.24) is 20.5 Å². The number of ether oxygens (including phenoxy) is 1. The number of anilines is 2. The van der Waals surface area contributed by atoms with Gasteiger partial charge < -0.3 is 19.8 Å². The van der Waals surface area contributed by atoms with Crippen LogP contribution in [0.15, 0.2) is 59.3 Å². The second kappa shape index (κ2) is 7.93. The van der Waals surface area contributed by atoms with Crippen molar-refractivity contribution in [3.8, 4) is 5.88 Å². The molecule has 4 aromatic rings. The van der Waals surface area contributed by atoms with E-state index in [4.69, 9.17) is 9.15 Å². The van der Waals surface area contributed by atoms with E-state index in [2.05, 4.69) is 25.8 Å². The number of fused-ring (bicyclic) bond motifs is 1. The number of halogens is 1. The highest BCUT2D eigenvalue weighted by atomic mass is 19.1. The highest BCUT2D eigenvalue weighted by molar-refractivity contribution is 5.92. The van der Waals surface area contributed by atoms with Crippen molar-refractivity contribution in [2.75, 3.05) is 12.4 Å². The molecule has 2 N–H and O–H groups in total. The number of carbonyl (C=O) groups excluding carboxylic acids is 1. The third-order valence-corrected chi connectivity index (χ3v) is 4.12. The minimum atomic E-state index is -0.325. The Bertz CT molecular complexity index is 1160. The summed E-state index contributed by atoms with van der Waals surface area (Å²) in [7, 11) is 1.54. The summed E-state index contributed by atoms with van der Waals surface area (Å²) >= 11 is 0. The maximum absolute atomic E-state index is 13.1. The number of nitrogens with one attached hydrogen (secondary N) is 2. The molecule has 4 rings (SSSR count). The van der Waals surface area contributed by atoms with Crippen LogP contribution in [0.25, 0.3) is 11.0 Å². The molecule has 0 radical (unpaired) electrons. The summed E-state index contributed by atoms with van der Waals surface area (Å²) in [4.78, 5) is 15.7. The molecule has 3 aromatic heterocycles. The maximum atomic E-state index is 13.1. The van der Waals surface area contributed by atoms with E-state index >= 15 is 0 Å². The predicted octanol–water partition coefficient (Wildman–Crippen LogP) is 3.44. The van der Waals surface area contributed by atoms with Crippen molar-refractivity contribution < 1.29 is 18.3 Å². The molecule has 0 fully saturated rings. The van der Waals surface area contributed by atoms with E-state index in [0.29, 0.717) is 28.2 Å². The summed E-state index contributed by atoms with van der Waals surface area (Å²) in [5.41, 5.74) is 2.12. The summed E-state index contributed by atoms with van der Waals surface area (Å²) in [6.45, 7) is 0.154. The van der Waals surface area contributed by atoms with Crippen LogP contribution in [0.4, 0.5) is 15.9 Å². The number of amides is 1. The first-order valence-electron chi connectivity index (χ1n) is 8.70. The number of pyridine rings is 1. The lowest BCUT2D eigenvalue weighted by atomic mass is 10.2. The predicted molar refractivity (Wildman–Crippen MR) is 103 cm³/mol. The molecule has 0 atom stereocenters. The molecule has 0 aliphatic rings. The average Bonchev–Trinajstić information content (AvgIpc) is 3.25. The van der Waals surface area contributed by atoms with Crippen LogP contribution in [0.3, 0.4) is 0 Å². The van der Waals surface area contributed by atoms with Gasteiger partial charge >= 0.3 is 0 Å². The van der Waals surface area contributed by atoms with Gasteiger partial charge in [-0.3, -0.25) is 9.78 Å². The molecular formula is C20H16FN5O3. The summed E-state index contributed by atoms with van der Waals surface area (Å²) in [5, 5.41) is 14.5. The molecule has 0 aliphatic heterocycles. The minimum absolute atomic E-state index is 0.154. The van der Waals surface area contributed by atoms with E-state index in [1.807, 2.05) is 0 Å². The summed E-state index contributed by atoms with van der Waals surface area (Å²) < 4.78 is 24.3. The topological polar surface area (TPSA) is 102 Å². The van der Waals surface area contributed by atoms with E-state index in [-0.39, 0.29) is 24.2 Å². The first-order valence-corrected chi connectivity index (χ1v) is 8.70. The Kier molecular flexibility index (Phi) is 5.02. The van der Waals surface area contributed by atoms with Crippen LogP contribution in [-0.2, 0) is 6.61 Å². The lowest BCUT2D eigenvalue weighted by Crippen LogP contribution is -2.19. The third kappa shape index (κ3) is 3.98. The van der Waals surface area contributed by atoms with Crippen molar-refractivity contribution in [1.29, 1.82) is 0 Å². The van der Waals surface area contributed by atoms with Crippen molar-refractivity contribution in [2.24, 2.45) is 0 Å². The van der Waals surface area contributed by atoms with Crippen LogP contribution >= 0.6 is 0 Å². The third-order valence-electron chi connectivity index (χ3n) is 4.12. The normalized spacial score (nSPS) is 10.7. The van der Waals surface area contributed by atoms with Gasteiger partial charge in [-0.05, 0) is 48.0 Å². The first kappa shape index (κ1) is 18.4. The van der Waals surface area contributed by atoms with Crippen LogP contribution < -0.4 is 15.4 Å². The van der Waals surface area contributed by atoms with Crippen molar-refractivity contribution in [3.05, 3.63) is 72.0 Å². The van der Waals surface area contributed by atoms with Crippen LogP contribution in [0, 0.1) is 5.82 Å². The number of hydrogen-bond donors (Lipinski definition) is 2. The highest BCUT2D eigenvalue weighted by Crippen LogP contribution is 2.30. The van der Waals surface area contributed by atoms with Crippen LogP contribution in [0.5, 0.6) is 5.88 Å². The van der Waals surface area contributed by atoms with Gasteiger partial charge in [-0.2, -0.15) is 0 Å². The van der Waals surface area contributed by atoms with Gasteiger partial charge in [0.15, 0.2) is 5.82 Å². The molecule has 0 saturated carbocycles. The SMILES string of the molecule is CNC(=O)c1cc(COc2nnc(Nc3ccc(F)cc3)c3ccoc23)ccn1. The van der Waals surface area contributed by atoms with E-state index in [9.17, 15) is 9.18 Å². The van der Waals surface area contributed by atoms with E-state index < -0.39 is 0 Å². The van der Waals surface area contributed by atoms with Crippen molar-refractivity contribution >= 4 is 28.4 Å². The quantitative estimate of drug-likeness (QED) is 0.517. The molecule has 8 nitrogen and oxygen atoms in total. The van der Waals surface area contributed by atoms with Gasteiger partial charge in [-0.25, -0.2) is 4.39 Å². The summed E-state index contributed by atoms with van der Waals surface area (Å²) in [6, 6.07) is 11.0. The van der Waals surface area contributed by atoms with Gasteiger partial charge in [0.25, 0.3) is 11.8 Å². The van der Waals surface area contributed by atoms with E-state index in [1.165, 1.54) is 31.6 Å². The number of aromatic nitrogens is 3. The average molecular weight is 393 g/mol. The van der Waals surface area contributed by atoms with Gasteiger partial charge in [-0.15, -0.1) is 10.2 Å². The fourth-order valence-electron chi connectivity index (χ4n) is 2.68. The Morgan fingerprint density at radius 3 is 2.79 bits per heavy atom. The first-order chi connectivity index (χ1) is 14.1. The molecule has 0 bridgehead atoms. The molecule has 1 amide bonds. The molecule has 0 unspecified atom stereocenters. The zero-order valence-corrected chi connectivity index (χ0v) is 15.3. The van der Waals surface area contributed by atoms with E-state index in [1.54, 1.807) is 30.3 Å². The summed E-state index contributed by atoms with van der Waals surface area (Å²) in [6.07, 6.45) is 3.04. The van der Waals surface area contributed by atoms with Crippen molar-refractivity contribution in [2.45, 2.75) is 6.61 Å². The standard InChI is InChI=1S/C20H16FN5O3/c1-22-19(27)16-10-12(6-8-23-16)11-29-20-17-15(7-9-28-17)18(25-26-20)24-14-4-2-13(21)3-5-14/h2-10H,11H2,1H3,(H,22,27)(H,24,25). The molecule has 0 saturated heterocycles. The molecule has 0 aliphatic carbocycles. The van der Waals surface area contributed by atoms with Crippen LogP contribution in [-0.4, -0.2) is 28.1 Å². The van der Waals surface area contributed by atoms with Gasteiger partial charge in [0.1, 0.15) is 18.1 Å². The number of furan rings is 1. The van der Waals surface area contributed by atoms with Crippen LogP contribution in [0.2, 0.25) is 0 Å². The minimum Gasteiger partial charge on any atom is -0.469 e. The largest absolute Gasteiger partial charge is 0.469 e. The number of nitrogens with zero attached hydrogens (tertiary/aromatic N) is 3. The molecule has 3 heterocycles. The molecule has 29 heavy (non-hydrogen) atoms. The second-order valence-corrected chi connectivity index (χ2v) is 6.07. The number of benzene rings is 1. The molecule has 0 spiro atoms. The van der Waals surface area contributed by atoms with Crippen molar-refractivity contribution in [3.63, 3.8) is 0 Å². The Morgan fingerprint density at radius 1 is 1.17 bits per heavy atom.